The summed E-state index contributed by atoms with van der Waals surface area (Å²) in [4.78, 5) is 55.1. The Balaban J connectivity index is 1.61. The van der Waals surface area contributed by atoms with Crippen LogP contribution < -0.4 is 16.0 Å². The van der Waals surface area contributed by atoms with E-state index in [-0.39, 0.29) is 30.8 Å². The molecule has 10 heteroatoms. The third-order valence-electron chi connectivity index (χ3n) is 5.17. The zero-order chi connectivity index (χ0) is 22.5. The first-order chi connectivity index (χ1) is 14.8. The van der Waals surface area contributed by atoms with Crippen LogP contribution in [0, 0.1) is 0 Å². The summed E-state index contributed by atoms with van der Waals surface area (Å²) in [5, 5.41) is 9.62. The summed E-state index contributed by atoms with van der Waals surface area (Å²) < 4.78 is 0. The molecular weight excluding hydrogens is 418 g/mol. The Bertz CT molecular complexity index is 994. The van der Waals surface area contributed by atoms with Gasteiger partial charge >= 0.3 is 6.03 Å². The van der Waals surface area contributed by atoms with Crippen molar-refractivity contribution >= 4 is 41.8 Å². The lowest BCUT2D eigenvalue weighted by Gasteiger charge is -2.25. The summed E-state index contributed by atoms with van der Waals surface area (Å²) in [6.07, 6.45) is 4.76. The molecule has 5 amide bonds. The quantitative estimate of drug-likeness (QED) is 0.355. The van der Waals surface area contributed by atoms with E-state index in [4.69, 9.17) is 0 Å². The Morgan fingerprint density at radius 2 is 2.13 bits per heavy atom. The summed E-state index contributed by atoms with van der Waals surface area (Å²) in [6.45, 7) is 7.54. The predicted molar refractivity (Wildman–Crippen MR) is 117 cm³/mol. The van der Waals surface area contributed by atoms with Crippen molar-refractivity contribution in [3.8, 4) is 0 Å². The minimum absolute atomic E-state index is 0.215. The zero-order valence-electron chi connectivity index (χ0n) is 17.5. The van der Waals surface area contributed by atoms with Gasteiger partial charge in [0, 0.05) is 34.6 Å². The molecule has 0 unspecified atom stereocenters. The number of carbonyl (C=O) groups excluding carboxylic acids is 4. The Morgan fingerprint density at radius 3 is 2.87 bits per heavy atom. The smallest absolute Gasteiger partial charge is 0.319 e. The SMILES string of the molecule is C=N/C(C)=C\C=C(/C)NC(=O)NCc1scc2c1CN([C@H]1CCCC(=O)NC1=O)C2=O. The molecule has 1 saturated heterocycles. The maximum absolute atomic E-state index is 12.8. The van der Waals surface area contributed by atoms with Gasteiger partial charge in [0.25, 0.3) is 5.91 Å². The number of aliphatic imine (C=N–C) groups is 1. The molecule has 0 aromatic carbocycles. The first kappa shape index (κ1) is 22.4. The molecule has 0 radical (unpaired) electrons. The number of imide groups is 1. The molecule has 0 bridgehead atoms. The molecule has 0 aliphatic carbocycles. The number of amides is 5. The molecule has 2 aliphatic heterocycles. The lowest BCUT2D eigenvalue weighted by atomic mass is 10.1. The van der Waals surface area contributed by atoms with Crippen LogP contribution in [0.3, 0.4) is 0 Å². The van der Waals surface area contributed by atoms with Crippen molar-refractivity contribution < 1.29 is 19.2 Å². The van der Waals surface area contributed by atoms with Crippen molar-refractivity contribution in [2.24, 2.45) is 4.99 Å². The molecule has 3 heterocycles. The van der Waals surface area contributed by atoms with E-state index in [1.165, 1.54) is 16.2 Å². The van der Waals surface area contributed by atoms with Gasteiger partial charge in [-0.3, -0.25) is 24.7 Å². The van der Waals surface area contributed by atoms with Gasteiger partial charge in [0.05, 0.1) is 12.1 Å². The van der Waals surface area contributed by atoms with Crippen molar-refractivity contribution in [2.75, 3.05) is 0 Å². The topological polar surface area (TPSA) is 120 Å². The fraction of sp³-hybridized carbons (Fsp3) is 0.381. The van der Waals surface area contributed by atoms with Gasteiger partial charge in [0.15, 0.2) is 0 Å². The van der Waals surface area contributed by atoms with Crippen molar-refractivity contribution in [1.29, 1.82) is 0 Å². The lowest BCUT2D eigenvalue weighted by Crippen LogP contribution is -2.47. The maximum atomic E-state index is 12.8. The van der Waals surface area contributed by atoms with Crippen molar-refractivity contribution in [2.45, 2.75) is 52.2 Å². The van der Waals surface area contributed by atoms with E-state index in [1.807, 2.05) is 0 Å². The van der Waals surface area contributed by atoms with Gasteiger partial charge < -0.3 is 15.5 Å². The number of carbonyl (C=O) groups is 4. The van der Waals surface area contributed by atoms with Crippen LogP contribution in [0.5, 0.6) is 0 Å². The summed E-state index contributed by atoms with van der Waals surface area (Å²) in [5.41, 5.74) is 2.75. The molecule has 3 N–H and O–H groups in total. The van der Waals surface area contributed by atoms with Crippen LogP contribution in [0.1, 0.15) is 53.9 Å². The van der Waals surface area contributed by atoms with Gasteiger partial charge in [0.2, 0.25) is 11.8 Å². The third-order valence-corrected chi connectivity index (χ3v) is 6.20. The van der Waals surface area contributed by atoms with E-state index in [9.17, 15) is 19.2 Å². The second-order valence-corrected chi connectivity index (χ2v) is 8.39. The molecule has 1 atom stereocenters. The monoisotopic (exact) mass is 443 g/mol. The number of allylic oxidation sites excluding steroid dienone is 4. The Labute approximate surface area is 184 Å². The largest absolute Gasteiger partial charge is 0.333 e. The summed E-state index contributed by atoms with van der Waals surface area (Å²) in [6, 6.07) is -1.02. The molecule has 0 saturated carbocycles. The highest BCUT2D eigenvalue weighted by molar-refractivity contribution is 7.10. The third kappa shape index (κ3) is 5.26. The predicted octanol–water partition coefficient (Wildman–Crippen LogP) is 2.21. The van der Waals surface area contributed by atoms with Gasteiger partial charge in [-0.25, -0.2) is 4.79 Å². The van der Waals surface area contributed by atoms with Crippen LogP contribution >= 0.6 is 11.3 Å². The first-order valence-corrected chi connectivity index (χ1v) is 10.8. The Hall–Kier alpha value is -3.27. The standard InChI is InChI=1S/C21H25N5O4S/c1-12(22-3)7-8-13(2)24-21(30)23-9-17-14-10-26(20(29)15(14)11-31-17)16-5-4-6-18(27)25-19(16)28/h7-8,11,16H,3-6,9-10H2,1-2H3,(H2,23,24,30)(H,25,27,28)/b12-7-,13-8+/t16-/m0/s1. The number of thiophene rings is 1. The molecule has 31 heavy (non-hydrogen) atoms. The minimum Gasteiger partial charge on any atom is -0.333 e. The first-order valence-electron chi connectivity index (χ1n) is 9.90. The lowest BCUT2D eigenvalue weighted by molar-refractivity contribution is -0.132. The summed E-state index contributed by atoms with van der Waals surface area (Å²) >= 11 is 1.40. The van der Waals surface area contributed by atoms with E-state index in [0.717, 1.165) is 16.1 Å². The van der Waals surface area contributed by atoms with Gasteiger partial charge in [-0.05, 0) is 51.1 Å². The molecule has 0 spiro atoms. The van der Waals surface area contributed by atoms with Crippen LogP contribution in [0.4, 0.5) is 4.79 Å². The maximum Gasteiger partial charge on any atom is 0.319 e. The van der Waals surface area contributed by atoms with E-state index in [2.05, 4.69) is 27.7 Å². The fourth-order valence-corrected chi connectivity index (χ4v) is 4.44. The number of fused-ring (bicyclic) bond motifs is 1. The van der Waals surface area contributed by atoms with Crippen molar-refractivity contribution in [1.82, 2.24) is 20.9 Å². The second kappa shape index (κ2) is 9.69. The molecule has 2 aliphatic rings. The van der Waals surface area contributed by atoms with E-state index in [0.29, 0.717) is 30.6 Å². The minimum atomic E-state index is -0.658. The van der Waals surface area contributed by atoms with Gasteiger partial charge in [-0.15, -0.1) is 11.3 Å². The van der Waals surface area contributed by atoms with Crippen LogP contribution in [-0.2, 0) is 22.7 Å². The van der Waals surface area contributed by atoms with E-state index in [1.54, 1.807) is 31.4 Å². The number of urea groups is 1. The summed E-state index contributed by atoms with van der Waals surface area (Å²) in [7, 11) is 0. The van der Waals surface area contributed by atoms with Crippen LogP contribution in [0.25, 0.3) is 0 Å². The normalized spacial score (nSPS) is 19.6. The average Bonchev–Trinajstić information content (AvgIpc) is 3.22. The Kier molecular flexibility index (Phi) is 7.01. The molecule has 3 rings (SSSR count). The number of rotatable bonds is 6. The van der Waals surface area contributed by atoms with Gasteiger partial charge in [-0.2, -0.15) is 0 Å². The highest BCUT2D eigenvalue weighted by Gasteiger charge is 2.39. The molecule has 1 aromatic rings. The molecule has 9 nitrogen and oxygen atoms in total. The van der Waals surface area contributed by atoms with E-state index >= 15 is 0 Å². The zero-order valence-corrected chi connectivity index (χ0v) is 18.3. The van der Waals surface area contributed by atoms with Crippen LogP contribution in [0.2, 0.25) is 0 Å². The number of hydrogen-bond acceptors (Lipinski definition) is 6. The summed E-state index contributed by atoms with van der Waals surface area (Å²) in [5.74, 6) is -0.949. The molecule has 164 valence electrons. The highest BCUT2D eigenvalue weighted by atomic mass is 32.1. The van der Waals surface area contributed by atoms with Crippen molar-refractivity contribution in [3.05, 3.63) is 44.9 Å². The Morgan fingerprint density at radius 1 is 1.35 bits per heavy atom. The second-order valence-electron chi connectivity index (χ2n) is 7.43. The van der Waals surface area contributed by atoms with Gasteiger partial charge in [-0.1, -0.05) is 0 Å². The fourth-order valence-electron chi connectivity index (χ4n) is 3.46. The molecule has 1 fully saturated rings. The van der Waals surface area contributed by atoms with Gasteiger partial charge in [0.1, 0.15) is 6.04 Å². The number of nitrogens with zero attached hydrogens (tertiary/aromatic N) is 2. The number of nitrogens with one attached hydrogen (secondary N) is 3. The van der Waals surface area contributed by atoms with Crippen LogP contribution in [0.15, 0.2) is 33.9 Å². The highest BCUT2D eigenvalue weighted by Crippen LogP contribution is 2.33. The van der Waals surface area contributed by atoms with E-state index < -0.39 is 11.9 Å². The molecular formula is C21H25N5O4S. The number of hydrogen-bond donors (Lipinski definition) is 3. The molecule has 1 aromatic heterocycles. The average molecular weight is 444 g/mol. The van der Waals surface area contributed by atoms with Crippen LogP contribution in [-0.4, -0.2) is 41.4 Å². The van der Waals surface area contributed by atoms with Crippen molar-refractivity contribution in [3.63, 3.8) is 0 Å².